The molecule has 6 heteroatoms. The lowest BCUT2D eigenvalue weighted by Crippen LogP contribution is -2.30. The van der Waals surface area contributed by atoms with Gasteiger partial charge in [0, 0.05) is 23.9 Å². The molecule has 0 amide bonds. The van der Waals surface area contributed by atoms with Crippen molar-refractivity contribution in [1.82, 2.24) is 5.01 Å². The van der Waals surface area contributed by atoms with Crippen LogP contribution in [0.2, 0.25) is 10.0 Å². The maximum absolute atomic E-state index is 6.35. The number of methoxy groups -OCH3 is 1. The van der Waals surface area contributed by atoms with Gasteiger partial charge in [0.2, 0.25) is 0 Å². The SMILES string of the molecule is C=CN(N)CC(OC)c1ccc(Oc2ccc(Cl)cc2)cc1Cl. The fraction of sp³-hybridized carbons (Fsp3) is 0.176. The zero-order chi connectivity index (χ0) is 16.8. The highest BCUT2D eigenvalue weighted by atomic mass is 35.5. The first-order valence-electron chi connectivity index (χ1n) is 6.93. The summed E-state index contributed by atoms with van der Waals surface area (Å²) in [7, 11) is 1.61. The van der Waals surface area contributed by atoms with Crippen molar-refractivity contribution in [2.24, 2.45) is 5.84 Å². The first kappa shape index (κ1) is 17.6. The minimum absolute atomic E-state index is 0.268. The normalized spacial score (nSPS) is 11.8. The second kappa shape index (κ2) is 8.22. The highest BCUT2D eigenvalue weighted by Crippen LogP contribution is 2.31. The largest absolute Gasteiger partial charge is 0.457 e. The second-order valence-corrected chi connectivity index (χ2v) is 5.69. The van der Waals surface area contributed by atoms with E-state index in [9.17, 15) is 0 Å². The van der Waals surface area contributed by atoms with Crippen LogP contribution in [0.4, 0.5) is 0 Å². The number of ether oxygens (including phenoxy) is 2. The number of hydrogen-bond acceptors (Lipinski definition) is 4. The van der Waals surface area contributed by atoms with Crippen LogP contribution >= 0.6 is 23.2 Å². The molecule has 0 aliphatic carbocycles. The van der Waals surface area contributed by atoms with Gasteiger partial charge in [0.15, 0.2) is 0 Å². The van der Waals surface area contributed by atoms with Gasteiger partial charge in [0.05, 0.1) is 11.6 Å². The monoisotopic (exact) mass is 352 g/mol. The lowest BCUT2D eigenvalue weighted by Gasteiger charge is -2.22. The van der Waals surface area contributed by atoms with E-state index in [0.717, 1.165) is 5.56 Å². The van der Waals surface area contributed by atoms with Crippen molar-refractivity contribution in [3.63, 3.8) is 0 Å². The Morgan fingerprint density at radius 3 is 2.39 bits per heavy atom. The molecule has 2 rings (SSSR count). The molecule has 0 spiro atoms. The van der Waals surface area contributed by atoms with Crippen LogP contribution < -0.4 is 10.6 Å². The molecule has 122 valence electrons. The number of nitrogens with two attached hydrogens (primary N) is 1. The predicted octanol–water partition coefficient (Wildman–Crippen LogP) is 4.79. The average Bonchev–Trinajstić information content (AvgIpc) is 2.55. The van der Waals surface area contributed by atoms with Gasteiger partial charge < -0.3 is 14.5 Å². The molecule has 0 aliphatic heterocycles. The molecule has 0 aromatic heterocycles. The Labute approximate surface area is 146 Å². The summed E-state index contributed by atoms with van der Waals surface area (Å²) in [5, 5.41) is 2.64. The Kier molecular flexibility index (Phi) is 6.30. The molecule has 0 saturated carbocycles. The topological polar surface area (TPSA) is 47.7 Å². The molecule has 2 N–H and O–H groups in total. The van der Waals surface area contributed by atoms with Crippen LogP contribution in [-0.4, -0.2) is 18.7 Å². The fourth-order valence-electron chi connectivity index (χ4n) is 2.04. The predicted molar refractivity (Wildman–Crippen MR) is 93.8 cm³/mol. The van der Waals surface area contributed by atoms with E-state index in [-0.39, 0.29) is 6.10 Å². The van der Waals surface area contributed by atoms with E-state index in [0.29, 0.717) is 28.1 Å². The molecule has 2 aromatic rings. The van der Waals surface area contributed by atoms with E-state index in [2.05, 4.69) is 6.58 Å². The van der Waals surface area contributed by atoms with Crippen molar-refractivity contribution in [1.29, 1.82) is 0 Å². The number of halogens is 2. The highest BCUT2D eigenvalue weighted by Gasteiger charge is 2.16. The molecule has 0 bridgehead atoms. The Balaban J connectivity index is 2.16. The van der Waals surface area contributed by atoms with Crippen molar-refractivity contribution >= 4 is 23.2 Å². The lowest BCUT2D eigenvalue weighted by atomic mass is 10.1. The van der Waals surface area contributed by atoms with Crippen LogP contribution in [0.5, 0.6) is 11.5 Å². The van der Waals surface area contributed by atoms with Gasteiger partial charge in [0.1, 0.15) is 17.6 Å². The quantitative estimate of drug-likeness (QED) is 0.574. The summed E-state index contributed by atoms with van der Waals surface area (Å²) in [5.41, 5.74) is 0.829. The van der Waals surface area contributed by atoms with Gasteiger partial charge in [0.25, 0.3) is 0 Å². The molecular formula is C17H18Cl2N2O2. The summed E-state index contributed by atoms with van der Waals surface area (Å²) in [6.45, 7) is 4.06. The summed E-state index contributed by atoms with van der Waals surface area (Å²) in [6.07, 6.45) is 1.26. The van der Waals surface area contributed by atoms with Crippen molar-refractivity contribution in [3.05, 3.63) is 70.9 Å². The third-order valence-electron chi connectivity index (χ3n) is 3.26. The van der Waals surface area contributed by atoms with Crippen molar-refractivity contribution in [3.8, 4) is 11.5 Å². The molecule has 0 radical (unpaired) electrons. The standard InChI is InChI=1S/C17H18Cl2N2O2/c1-3-21(20)11-17(22-2)15-9-8-14(10-16(15)19)23-13-6-4-12(18)5-7-13/h3-10,17H,1,11,20H2,2H3. The fourth-order valence-corrected chi connectivity index (χ4v) is 2.46. The van der Waals surface area contributed by atoms with Crippen molar-refractivity contribution in [2.45, 2.75) is 6.10 Å². The van der Waals surface area contributed by atoms with Gasteiger partial charge in [-0.1, -0.05) is 35.8 Å². The maximum atomic E-state index is 6.35. The molecule has 1 atom stereocenters. The summed E-state index contributed by atoms with van der Waals surface area (Å²) in [6, 6.07) is 12.5. The third-order valence-corrected chi connectivity index (χ3v) is 3.84. The van der Waals surface area contributed by atoms with Crippen molar-refractivity contribution in [2.75, 3.05) is 13.7 Å². The van der Waals surface area contributed by atoms with E-state index in [4.69, 9.17) is 38.5 Å². The van der Waals surface area contributed by atoms with Gasteiger partial charge in [-0.05, 0) is 36.4 Å². The van der Waals surface area contributed by atoms with Crippen LogP contribution in [0.25, 0.3) is 0 Å². The molecule has 1 unspecified atom stereocenters. The van der Waals surface area contributed by atoms with Crippen LogP contribution in [0.3, 0.4) is 0 Å². The highest BCUT2D eigenvalue weighted by molar-refractivity contribution is 6.31. The first-order valence-corrected chi connectivity index (χ1v) is 7.68. The first-order chi connectivity index (χ1) is 11.0. The zero-order valence-corrected chi connectivity index (χ0v) is 14.2. The summed E-state index contributed by atoms with van der Waals surface area (Å²) in [4.78, 5) is 0. The van der Waals surface area contributed by atoms with E-state index < -0.39 is 0 Å². The Bertz CT molecular complexity index is 662. The number of rotatable bonds is 7. The Hall–Kier alpha value is -1.72. The molecule has 0 fully saturated rings. The molecule has 0 saturated heterocycles. The van der Waals surface area contributed by atoms with E-state index in [1.807, 2.05) is 12.1 Å². The Morgan fingerprint density at radius 2 is 1.83 bits per heavy atom. The lowest BCUT2D eigenvalue weighted by molar-refractivity contribution is 0.0774. The van der Waals surface area contributed by atoms with Crippen LogP contribution in [0, 0.1) is 0 Å². The molecule has 4 nitrogen and oxygen atoms in total. The number of nitrogens with zero attached hydrogens (tertiary/aromatic N) is 1. The zero-order valence-electron chi connectivity index (χ0n) is 12.7. The summed E-state index contributed by atoms with van der Waals surface area (Å²) in [5.74, 6) is 7.05. The Morgan fingerprint density at radius 1 is 1.17 bits per heavy atom. The van der Waals surface area contributed by atoms with Gasteiger partial charge in [-0.15, -0.1) is 0 Å². The number of hydrogen-bond donors (Lipinski definition) is 1. The van der Waals surface area contributed by atoms with E-state index in [1.165, 1.54) is 11.2 Å². The van der Waals surface area contributed by atoms with Crippen LogP contribution in [0.15, 0.2) is 55.2 Å². The van der Waals surface area contributed by atoms with Crippen LogP contribution in [-0.2, 0) is 4.74 Å². The molecule has 23 heavy (non-hydrogen) atoms. The van der Waals surface area contributed by atoms with Gasteiger partial charge in [-0.2, -0.15) is 0 Å². The maximum Gasteiger partial charge on any atom is 0.128 e. The smallest absolute Gasteiger partial charge is 0.128 e. The molecule has 0 aliphatic rings. The van der Waals surface area contributed by atoms with E-state index >= 15 is 0 Å². The minimum Gasteiger partial charge on any atom is -0.457 e. The summed E-state index contributed by atoms with van der Waals surface area (Å²) >= 11 is 12.2. The van der Waals surface area contributed by atoms with Gasteiger partial charge in [-0.25, -0.2) is 5.84 Å². The van der Waals surface area contributed by atoms with Gasteiger partial charge >= 0.3 is 0 Å². The minimum atomic E-state index is -0.268. The third kappa shape index (κ3) is 4.88. The average molecular weight is 353 g/mol. The number of benzene rings is 2. The van der Waals surface area contributed by atoms with Gasteiger partial charge in [-0.3, -0.25) is 0 Å². The number of hydrazine groups is 1. The molecule has 0 heterocycles. The molecule has 2 aromatic carbocycles. The van der Waals surface area contributed by atoms with E-state index in [1.54, 1.807) is 37.4 Å². The second-order valence-electron chi connectivity index (χ2n) is 4.84. The van der Waals surface area contributed by atoms with Crippen molar-refractivity contribution < 1.29 is 9.47 Å². The van der Waals surface area contributed by atoms with Crippen LogP contribution in [0.1, 0.15) is 11.7 Å². The summed E-state index contributed by atoms with van der Waals surface area (Å²) < 4.78 is 11.2. The molecular weight excluding hydrogens is 335 g/mol.